The van der Waals surface area contributed by atoms with E-state index in [2.05, 4.69) is 9.97 Å². The molecule has 1 aliphatic rings. The molecule has 0 fully saturated rings. The van der Waals surface area contributed by atoms with Crippen LogP contribution in [0.4, 0.5) is 0 Å². The number of aromatic nitrogens is 2. The molecule has 1 aliphatic heterocycles. The molecule has 1 amide bonds. The number of fused-ring (bicyclic) bond motifs is 3. The lowest BCUT2D eigenvalue weighted by Crippen LogP contribution is -2.38. The van der Waals surface area contributed by atoms with E-state index >= 15 is 0 Å². The molecule has 1 aromatic carbocycles. The topological polar surface area (TPSA) is 95.3 Å². The summed E-state index contributed by atoms with van der Waals surface area (Å²) in [5.74, 6) is -0.697. The Morgan fingerprint density at radius 3 is 2.85 bits per heavy atom. The molecule has 4 rings (SSSR count). The third-order valence-corrected chi connectivity index (χ3v) is 4.73. The highest BCUT2D eigenvalue weighted by molar-refractivity contribution is 5.97. The summed E-state index contributed by atoms with van der Waals surface area (Å²) in [6, 6.07) is 8.50. The predicted octanol–water partition coefficient (Wildman–Crippen LogP) is 1.84. The van der Waals surface area contributed by atoms with Gasteiger partial charge < -0.3 is 19.6 Å². The highest BCUT2D eigenvalue weighted by Crippen LogP contribution is 2.29. The zero-order valence-corrected chi connectivity index (χ0v) is 14.2. The second-order valence-electron chi connectivity index (χ2n) is 6.22. The Bertz CT molecular complexity index is 1080. The number of esters is 1. The van der Waals surface area contributed by atoms with Crippen LogP contribution in [-0.4, -0.2) is 40.4 Å². The summed E-state index contributed by atoms with van der Waals surface area (Å²) in [4.78, 5) is 44.0. The molecule has 0 saturated carbocycles. The molecule has 7 heteroatoms. The summed E-state index contributed by atoms with van der Waals surface area (Å²) >= 11 is 0. The maximum absolute atomic E-state index is 12.7. The normalized spacial score (nSPS) is 13.5. The molecule has 7 nitrogen and oxygen atoms in total. The van der Waals surface area contributed by atoms with E-state index in [9.17, 15) is 14.4 Å². The van der Waals surface area contributed by atoms with E-state index in [1.165, 1.54) is 19.4 Å². The SMILES string of the molecule is COC(=O)c1ccc2[nH]c3c(c2c1)CN(C(=O)c1ccc[nH]c1=O)CC3. The molecule has 0 atom stereocenters. The molecule has 0 saturated heterocycles. The van der Waals surface area contributed by atoms with E-state index < -0.39 is 11.5 Å². The molecule has 0 aliphatic carbocycles. The van der Waals surface area contributed by atoms with Crippen LogP contribution in [0.5, 0.6) is 0 Å². The van der Waals surface area contributed by atoms with Gasteiger partial charge in [0.05, 0.1) is 12.7 Å². The average molecular weight is 351 g/mol. The first-order valence-corrected chi connectivity index (χ1v) is 8.27. The Balaban J connectivity index is 1.71. The van der Waals surface area contributed by atoms with Gasteiger partial charge in [0.1, 0.15) is 5.56 Å². The van der Waals surface area contributed by atoms with Gasteiger partial charge in [-0.1, -0.05) is 0 Å². The molecule has 2 aromatic heterocycles. The minimum atomic E-state index is -0.401. The fourth-order valence-corrected chi connectivity index (χ4v) is 3.39. The van der Waals surface area contributed by atoms with Crippen LogP contribution >= 0.6 is 0 Å². The zero-order valence-electron chi connectivity index (χ0n) is 14.2. The number of ether oxygens (including phenoxy) is 1. The van der Waals surface area contributed by atoms with Gasteiger partial charge in [-0.2, -0.15) is 0 Å². The first kappa shape index (κ1) is 16.1. The van der Waals surface area contributed by atoms with Crippen LogP contribution in [0.1, 0.15) is 32.0 Å². The van der Waals surface area contributed by atoms with E-state index in [1.54, 1.807) is 23.1 Å². The van der Waals surface area contributed by atoms with Crippen molar-refractivity contribution in [3.8, 4) is 0 Å². The Hall–Kier alpha value is -3.35. The number of H-pyrrole nitrogens is 2. The van der Waals surface area contributed by atoms with E-state index in [0.29, 0.717) is 25.1 Å². The van der Waals surface area contributed by atoms with Crippen molar-refractivity contribution in [2.75, 3.05) is 13.7 Å². The molecular weight excluding hydrogens is 334 g/mol. The van der Waals surface area contributed by atoms with Gasteiger partial charge in [-0.25, -0.2) is 4.79 Å². The second-order valence-corrected chi connectivity index (χ2v) is 6.22. The van der Waals surface area contributed by atoms with Gasteiger partial charge in [-0.05, 0) is 30.3 Å². The second kappa shape index (κ2) is 6.18. The lowest BCUT2D eigenvalue weighted by molar-refractivity contribution is 0.0600. The standard InChI is InChI=1S/C19H17N3O4/c1-26-19(25)11-4-5-15-13(9-11)14-10-22(8-6-16(14)21-15)18(24)12-3-2-7-20-17(12)23/h2-5,7,9,21H,6,8,10H2,1H3,(H,20,23). The molecule has 0 radical (unpaired) electrons. The highest BCUT2D eigenvalue weighted by Gasteiger charge is 2.26. The van der Waals surface area contributed by atoms with Gasteiger partial charge in [0, 0.05) is 47.9 Å². The third-order valence-electron chi connectivity index (χ3n) is 4.73. The Morgan fingerprint density at radius 1 is 1.23 bits per heavy atom. The van der Waals surface area contributed by atoms with Crippen molar-refractivity contribution < 1.29 is 14.3 Å². The fourth-order valence-electron chi connectivity index (χ4n) is 3.39. The van der Waals surface area contributed by atoms with Crippen LogP contribution in [0.3, 0.4) is 0 Å². The van der Waals surface area contributed by atoms with Crippen LogP contribution in [0.2, 0.25) is 0 Å². The molecule has 26 heavy (non-hydrogen) atoms. The van der Waals surface area contributed by atoms with Crippen molar-refractivity contribution in [2.24, 2.45) is 0 Å². The zero-order chi connectivity index (χ0) is 18.3. The number of nitrogens with one attached hydrogen (secondary N) is 2. The minimum absolute atomic E-state index is 0.131. The molecule has 3 aromatic rings. The predicted molar refractivity (Wildman–Crippen MR) is 95.1 cm³/mol. The Labute approximate surface area is 148 Å². The van der Waals surface area contributed by atoms with Crippen molar-refractivity contribution >= 4 is 22.8 Å². The molecule has 2 N–H and O–H groups in total. The monoisotopic (exact) mass is 351 g/mol. The summed E-state index contributed by atoms with van der Waals surface area (Å²) in [6.07, 6.45) is 2.16. The number of nitrogens with zero attached hydrogens (tertiary/aromatic N) is 1. The quantitative estimate of drug-likeness (QED) is 0.689. The number of carbonyl (C=O) groups excluding carboxylic acids is 2. The van der Waals surface area contributed by atoms with Crippen molar-refractivity contribution in [2.45, 2.75) is 13.0 Å². The first-order valence-electron chi connectivity index (χ1n) is 8.27. The molecule has 132 valence electrons. The summed E-state index contributed by atoms with van der Waals surface area (Å²) in [6.45, 7) is 0.907. The number of amides is 1. The number of aromatic amines is 2. The molecular formula is C19H17N3O4. The fraction of sp³-hybridized carbons (Fsp3) is 0.211. The van der Waals surface area contributed by atoms with Gasteiger partial charge in [0.25, 0.3) is 11.5 Å². The molecule has 0 bridgehead atoms. The van der Waals surface area contributed by atoms with Gasteiger partial charge >= 0.3 is 5.97 Å². The number of hydrogen-bond acceptors (Lipinski definition) is 4. The molecule has 0 spiro atoms. The van der Waals surface area contributed by atoms with Crippen molar-refractivity contribution in [1.29, 1.82) is 0 Å². The van der Waals surface area contributed by atoms with Gasteiger partial charge in [0.15, 0.2) is 0 Å². The third kappa shape index (κ3) is 2.57. The van der Waals surface area contributed by atoms with Crippen LogP contribution in [0, 0.1) is 0 Å². The van der Waals surface area contributed by atoms with E-state index in [1.807, 2.05) is 6.07 Å². The smallest absolute Gasteiger partial charge is 0.337 e. The van der Waals surface area contributed by atoms with Gasteiger partial charge in [-0.3, -0.25) is 9.59 Å². The van der Waals surface area contributed by atoms with E-state index in [4.69, 9.17) is 4.74 Å². The number of pyridine rings is 1. The minimum Gasteiger partial charge on any atom is -0.465 e. The van der Waals surface area contributed by atoms with Crippen LogP contribution < -0.4 is 5.56 Å². The molecule has 0 unspecified atom stereocenters. The van der Waals surface area contributed by atoms with Gasteiger partial charge in [-0.15, -0.1) is 0 Å². The number of carbonyl (C=O) groups is 2. The lowest BCUT2D eigenvalue weighted by Gasteiger charge is -2.27. The highest BCUT2D eigenvalue weighted by atomic mass is 16.5. The maximum atomic E-state index is 12.7. The van der Waals surface area contributed by atoms with E-state index in [0.717, 1.165) is 22.2 Å². The summed E-state index contributed by atoms with van der Waals surface area (Å²) in [5, 5.41) is 0.891. The van der Waals surface area contributed by atoms with Crippen LogP contribution in [0.15, 0.2) is 41.3 Å². The van der Waals surface area contributed by atoms with E-state index in [-0.39, 0.29) is 11.5 Å². The largest absolute Gasteiger partial charge is 0.465 e. The summed E-state index contributed by atoms with van der Waals surface area (Å²) < 4.78 is 4.78. The van der Waals surface area contributed by atoms with Crippen molar-refractivity contribution in [3.63, 3.8) is 0 Å². The van der Waals surface area contributed by atoms with Crippen molar-refractivity contribution in [1.82, 2.24) is 14.9 Å². The lowest BCUT2D eigenvalue weighted by atomic mass is 10.0. The summed E-state index contributed by atoms with van der Waals surface area (Å²) in [5.41, 5.74) is 3.13. The van der Waals surface area contributed by atoms with Crippen LogP contribution in [0.25, 0.3) is 10.9 Å². The van der Waals surface area contributed by atoms with Crippen molar-refractivity contribution in [3.05, 3.63) is 69.3 Å². The number of methoxy groups -OCH3 is 1. The molecule has 3 heterocycles. The maximum Gasteiger partial charge on any atom is 0.337 e. The van der Waals surface area contributed by atoms with Gasteiger partial charge in [0.2, 0.25) is 0 Å². The average Bonchev–Trinajstić information content (AvgIpc) is 3.04. The number of benzene rings is 1. The number of hydrogen-bond donors (Lipinski definition) is 2. The van der Waals surface area contributed by atoms with Crippen LogP contribution in [-0.2, 0) is 17.7 Å². The Morgan fingerprint density at radius 2 is 2.08 bits per heavy atom. The first-order chi connectivity index (χ1) is 12.6. The Kier molecular flexibility index (Phi) is 3.84. The summed E-state index contributed by atoms with van der Waals surface area (Å²) in [7, 11) is 1.34. The number of rotatable bonds is 2.